The molecule has 1 amide bonds. The maximum absolute atomic E-state index is 11.8. The summed E-state index contributed by atoms with van der Waals surface area (Å²) < 4.78 is 4.63. The fourth-order valence-corrected chi connectivity index (χ4v) is 2.81. The number of ether oxygens (including phenoxy) is 1. The van der Waals surface area contributed by atoms with Crippen LogP contribution in [0, 0.1) is 6.92 Å². The predicted octanol–water partition coefficient (Wildman–Crippen LogP) is 3.41. The van der Waals surface area contributed by atoms with E-state index in [1.165, 1.54) is 18.9 Å². The second kappa shape index (κ2) is 9.64. The van der Waals surface area contributed by atoms with Crippen molar-refractivity contribution < 1.29 is 14.3 Å². The highest BCUT2D eigenvalue weighted by atomic mass is 32.2. The molecule has 2 rings (SSSR count). The van der Waals surface area contributed by atoms with Gasteiger partial charge in [0.05, 0.1) is 18.9 Å². The zero-order valence-electron chi connectivity index (χ0n) is 14.2. The Labute approximate surface area is 151 Å². The van der Waals surface area contributed by atoms with Crippen LogP contribution >= 0.6 is 11.8 Å². The van der Waals surface area contributed by atoms with Gasteiger partial charge in [0.15, 0.2) is 0 Å². The first-order chi connectivity index (χ1) is 12.1. The molecule has 0 aliphatic heterocycles. The van der Waals surface area contributed by atoms with Crippen molar-refractivity contribution in [3.8, 4) is 0 Å². The highest BCUT2D eigenvalue weighted by Crippen LogP contribution is 2.18. The van der Waals surface area contributed by atoms with Gasteiger partial charge in [-0.25, -0.2) is 10.2 Å². The lowest BCUT2D eigenvalue weighted by Gasteiger charge is -2.02. The molecule has 2 aromatic carbocycles. The number of methoxy groups -OCH3 is 1. The lowest BCUT2D eigenvalue weighted by molar-refractivity contribution is -0.120. The molecule has 0 saturated carbocycles. The van der Waals surface area contributed by atoms with E-state index >= 15 is 0 Å². The van der Waals surface area contributed by atoms with Gasteiger partial charge in [-0.1, -0.05) is 29.8 Å². The smallest absolute Gasteiger partial charge is 0.337 e. The Morgan fingerprint density at radius 1 is 1.12 bits per heavy atom. The number of carbonyl (C=O) groups is 2. The average Bonchev–Trinajstić information content (AvgIpc) is 2.63. The molecule has 25 heavy (non-hydrogen) atoms. The van der Waals surface area contributed by atoms with Crippen molar-refractivity contribution >= 4 is 29.9 Å². The van der Waals surface area contributed by atoms with Crippen LogP contribution in [0.3, 0.4) is 0 Å². The molecule has 0 fully saturated rings. The molecular weight excluding hydrogens is 336 g/mol. The van der Waals surface area contributed by atoms with E-state index in [2.05, 4.69) is 27.4 Å². The highest BCUT2D eigenvalue weighted by molar-refractivity contribution is 7.99. The second-order valence-electron chi connectivity index (χ2n) is 5.32. The van der Waals surface area contributed by atoms with Gasteiger partial charge in [0.2, 0.25) is 5.91 Å². The zero-order chi connectivity index (χ0) is 18.1. The van der Waals surface area contributed by atoms with E-state index < -0.39 is 0 Å². The normalized spacial score (nSPS) is 10.6. The quantitative estimate of drug-likeness (QED) is 0.357. The first kappa shape index (κ1) is 18.7. The zero-order valence-corrected chi connectivity index (χ0v) is 15.0. The van der Waals surface area contributed by atoms with Crippen molar-refractivity contribution in [2.75, 3.05) is 12.9 Å². The molecule has 1 N–H and O–H groups in total. The third kappa shape index (κ3) is 6.43. The van der Waals surface area contributed by atoms with Gasteiger partial charge in [-0.2, -0.15) is 5.10 Å². The third-order valence-corrected chi connectivity index (χ3v) is 4.37. The largest absolute Gasteiger partial charge is 0.465 e. The second-order valence-corrected chi connectivity index (χ2v) is 6.49. The van der Waals surface area contributed by atoms with Crippen LogP contribution in [0.1, 0.15) is 27.9 Å². The number of rotatable bonds is 7. The van der Waals surface area contributed by atoms with Crippen LogP contribution in [0.4, 0.5) is 0 Å². The van der Waals surface area contributed by atoms with Crippen molar-refractivity contribution in [1.82, 2.24) is 5.43 Å². The summed E-state index contributed by atoms with van der Waals surface area (Å²) >= 11 is 1.64. The molecule has 0 atom stereocenters. The van der Waals surface area contributed by atoms with Crippen molar-refractivity contribution in [3.63, 3.8) is 0 Å². The number of thioether (sulfide) groups is 1. The van der Waals surface area contributed by atoms with E-state index in [-0.39, 0.29) is 11.9 Å². The van der Waals surface area contributed by atoms with Crippen LogP contribution in [0.2, 0.25) is 0 Å². The van der Waals surface area contributed by atoms with E-state index in [4.69, 9.17) is 0 Å². The molecule has 5 nitrogen and oxygen atoms in total. The van der Waals surface area contributed by atoms with Crippen molar-refractivity contribution in [2.24, 2.45) is 5.10 Å². The number of hydrogen-bond donors (Lipinski definition) is 1. The molecule has 0 aliphatic rings. The van der Waals surface area contributed by atoms with Gasteiger partial charge in [-0.3, -0.25) is 4.79 Å². The van der Waals surface area contributed by atoms with E-state index in [9.17, 15) is 9.59 Å². The number of aryl methyl sites for hydroxylation is 1. The molecule has 0 saturated heterocycles. The molecule has 0 spiro atoms. The molecule has 0 aliphatic carbocycles. The lowest BCUT2D eigenvalue weighted by atomic mass is 10.1. The number of hydrazone groups is 1. The van der Waals surface area contributed by atoms with Gasteiger partial charge in [-0.15, -0.1) is 11.8 Å². The van der Waals surface area contributed by atoms with Crippen LogP contribution in [0.15, 0.2) is 58.5 Å². The van der Waals surface area contributed by atoms with Crippen LogP contribution in [0.25, 0.3) is 0 Å². The summed E-state index contributed by atoms with van der Waals surface area (Å²) in [5.74, 6) is 0.169. The van der Waals surface area contributed by atoms with E-state index in [0.717, 1.165) is 10.5 Å². The van der Waals surface area contributed by atoms with Crippen LogP contribution in [-0.2, 0) is 9.53 Å². The standard InChI is InChI=1S/C19H20N2O3S/c1-14-3-9-17(10-4-14)25-12-11-18(22)21-20-13-15-5-7-16(8-6-15)19(23)24-2/h3-10,13H,11-12H2,1-2H3,(H,21,22)/b20-13-. The lowest BCUT2D eigenvalue weighted by Crippen LogP contribution is -2.17. The summed E-state index contributed by atoms with van der Waals surface area (Å²) in [5, 5.41) is 3.92. The maximum Gasteiger partial charge on any atom is 0.337 e. The Balaban J connectivity index is 1.72. The number of esters is 1. The molecule has 2 aromatic rings. The van der Waals surface area contributed by atoms with Gasteiger partial charge < -0.3 is 4.74 Å². The van der Waals surface area contributed by atoms with Crippen molar-refractivity contribution in [2.45, 2.75) is 18.2 Å². The van der Waals surface area contributed by atoms with Crippen LogP contribution in [0.5, 0.6) is 0 Å². The Morgan fingerprint density at radius 2 is 1.80 bits per heavy atom. The topological polar surface area (TPSA) is 67.8 Å². The molecule has 0 radical (unpaired) electrons. The number of nitrogens with one attached hydrogen (secondary N) is 1. The Kier molecular flexibility index (Phi) is 7.22. The number of nitrogens with zero attached hydrogens (tertiary/aromatic N) is 1. The average molecular weight is 356 g/mol. The minimum absolute atomic E-state index is 0.137. The van der Waals surface area contributed by atoms with Crippen LogP contribution in [-0.4, -0.2) is 31.0 Å². The van der Waals surface area contributed by atoms with Crippen LogP contribution < -0.4 is 5.43 Å². The fraction of sp³-hybridized carbons (Fsp3) is 0.211. The maximum atomic E-state index is 11.8. The van der Waals surface area contributed by atoms with Gasteiger partial charge in [0.25, 0.3) is 0 Å². The first-order valence-corrected chi connectivity index (χ1v) is 8.77. The number of hydrogen-bond acceptors (Lipinski definition) is 5. The van der Waals surface area contributed by atoms with Gasteiger partial charge in [0.1, 0.15) is 0 Å². The van der Waals surface area contributed by atoms with Crippen molar-refractivity contribution in [3.05, 3.63) is 65.2 Å². The number of carbonyl (C=O) groups excluding carboxylic acids is 2. The molecular formula is C19H20N2O3S. The Morgan fingerprint density at radius 3 is 2.44 bits per heavy atom. The summed E-state index contributed by atoms with van der Waals surface area (Å²) in [7, 11) is 1.34. The van der Waals surface area contributed by atoms with Gasteiger partial charge in [0, 0.05) is 17.1 Å². The molecule has 130 valence electrons. The molecule has 0 aromatic heterocycles. The summed E-state index contributed by atoms with van der Waals surface area (Å²) in [6.45, 7) is 2.04. The third-order valence-electron chi connectivity index (χ3n) is 3.35. The molecule has 6 heteroatoms. The SMILES string of the molecule is COC(=O)c1ccc(/C=N\NC(=O)CCSc2ccc(C)cc2)cc1. The summed E-state index contributed by atoms with van der Waals surface area (Å²) in [4.78, 5) is 24.2. The highest BCUT2D eigenvalue weighted by Gasteiger charge is 2.04. The minimum Gasteiger partial charge on any atom is -0.465 e. The molecule has 0 unspecified atom stereocenters. The van der Waals surface area contributed by atoms with Gasteiger partial charge in [-0.05, 0) is 36.8 Å². The number of benzene rings is 2. The predicted molar refractivity (Wildman–Crippen MR) is 100 cm³/mol. The summed E-state index contributed by atoms with van der Waals surface area (Å²) in [5.41, 5.74) is 4.97. The molecule has 0 heterocycles. The Bertz CT molecular complexity index is 740. The first-order valence-electron chi connectivity index (χ1n) is 7.78. The van der Waals surface area contributed by atoms with E-state index in [1.54, 1.807) is 36.0 Å². The number of amides is 1. The van der Waals surface area contributed by atoms with E-state index in [0.29, 0.717) is 17.7 Å². The summed E-state index contributed by atoms with van der Waals surface area (Å²) in [6, 6.07) is 15.0. The summed E-state index contributed by atoms with van der Waals surface area (Å²) in [6.07, 6.45) is 1.92. The fourth-order valence-electron chi connectivity index (χ4n) is 1.95. The van der Waals surface area contributed by atoms with E-state index in [1.807, 2.05) is 19.1 Å². The minimum atomic E-state index is -0.386. The molecule has 0 bridgehead atoms. The van der Waals surface area contributed by atoms with Crippen molar-refractivity contribution in [1.29, 1.82) is 0 Å². The van der Waals surface area contributed by atoms with Gasteiger partial charge >= 0.3 is 5.97 Å². The Hall–Kier alpha value is -2.60. The monoisotopic (exact) mass is 356 g/mol.